The van der Waals surface area contributed by atoms with Crippen molar-refractivity contribution in [3.05, 3.63) is 224 Å². The van der Waals surface area contributed by atoms with Crippen molar-refractivity contribution in [1.82, 2.24) is 0 Å². The van der Waals surface area contributed by atoms with Crippen LogP contribution >= 0.6 is 0 Å². The molecule has 0 aliphatic carbocycles. The minimum absolute atomic E-state index is 0.860. The van der Waals surface area contributed by atoms with Crippen LogP contribution in [0.4, 0.5) is 17.1 Å². The molecule has 0 saturated carbocycles. The number of nitrogens with zero attached hydrogens (tertiary/aromatic N) is 1. The van der Waals surface area contributed by atoms with Crippen LogP contribution in [0.3, 0.4) is 0 Å². The smallest absolute Gasteiger partial charge is 0.143 e. The standard InChI is InChI=1S/C56H37NO/c1-2-15-41(16-3-1)55-52-25-10-11-27-54(52)58-56(55)43-19-12-20-46(36-43)57(44-32-28-39(29-33-44)48-26-13-18-38-14-4-6-21-47(38)48)45-34-30-40(31-35-45)53-37-42-17-5-7-22-49(42)50-23-8-9-24-51(50)53/h1-37H. The van der Waals surface area contributed by atoms with Crippen molar-refractivity contribution in [2.75, 3.05) is 4.90 Å². The summed E-state index contributed by atoms with van der Waals surface area (Å²) in [6.45, 7) is 0. The van der Waals surface area contributed by atoms with Crippen molar-refractivity contribution in [2.45, 2.75) is 0 Å². The summed E-state index contributed by atoms with van der Waals surface area (Å²) in [5, 5.41) is 8.63. The van der Waals surface area contributed by atoms with Crippen molar-refractivity contribution in [3.63, 3.8) is 0 Å². The predicted molar refractivity (Wildman–Crippen MR) is 245 cm³/mol. The van der Waals surface area contributed by atoms with E-state index in [0.29, 0.717) is 0 Å². The van der Waals surface area contributed by atoms with Crippen LogP contribution in [-0.4, -0.2) is 0 Å². The van der Waals surface area contributed by atoms with E-state index in [2.05, 4.69) is 223 Å². The molecule has 0 fully saturated rings. The van der Waals surface area contributed by atoms with Crippen molar-refractivity contribution >= 4 is 60.3 Å². The number of benzene rings is 10. The van der Waals surface area contributed by atoms with E-state index in [-0.39, 0.29) is 0 Å². The Bertz CT molecular complexity index is 3260. The van der Waals surface area contributed by atoms with Gasteiger partial charge in [-0.1, -0.05) is 176 Å². The summed E-state index contributed by atoms with van der Waals surface area (Å²) in [6.07, 6.45) is 0. The van der Waals surface area contributed by atoms with E-state index in [1.54, 1.807) is 0 Å². The lowest BCUT2D eigenvalue weighted by atomic mass is 9.93. The Morgan fingerprint density at radius 1 is 0.293 bits per heavy atom. The monoisotopic (exact) mass is 739 g/mol. The first kappa shape index (κ1) is 33.6. The number of anilines is 3. The number of para-hydroxylation sites is 1. The van der Waals surface area contributed by atoms with E-state index in [9.17, 15) is 0 Å². The van der Waals surface area contributed by atoms with E-state index >= 15 is 0 Å². The Hall–Kier alpha value is -7.68. The normalized spacial score (nSPS) is 11.4. The van der Waals surface area contributed by atoms with E-state index < -0.39 is 0 Å². The van der Waals surface area contributed by atoms with Crippen molar-refractivity contribution < 1.29 is 4.42 Å². The van der Waals surface area contributed by atoms with Gasteiger partial charge in [-0.15, -0.1) is 0 Å². The number of fused-ring (bicyclic) bond motifs is 5. The molecule has 2 heteroatoms. The Morgan fingerprint density at radius 2 is 0.845 bits per heavy atom. The van der Waals surface area contributed by atoms with E-state index in [1.165, 1.54) is 54.6 Å². The molecule has 0 radical (unpaired) electrons. The second-order valence-corrected chi connectivity index (χ2v) is 14.9. The zero-order valence-electron chi connectivity index (χ0n) is 31.7. The summed E-state index contributed by atoms with van der Waals surface area (Å²) in [7, 11) is 0. The van der Waals surface area contributed by atoms with Crippen LogP contribution in [0.1, 0.15) is 0 Å². The van der Waals surface area contributed by atoms with Gasteiger partial charge in [0.05, 0.1) is 0 Å². The second-order valence-electron chi connectivity index (χ2n) is 14.9. The molecule has 0 aliphatic rings. The second kappa shape index (κ2) is 14.1. The zero-order chi connectivity index (χ0) is 38.4. The molecule has 11 rings (SSSR count). The molecule has 0 saturated heterocycles. The van der Waals surface area contributed by atoms with E-state index in [1.807, 2.05) is 6.07 Å². The van der Waals surface area contributed by atoms with Crippen LogP contribution in [-0.2, 0) is 0 Å². The third-order valence-electron chi connectivity index (χ3n) is 11.5. The molecule has 0 atom stereocenters. The molecule has 0 N–H and O–H groups in total. The minimum Gasteiger partial charge on any atom is -0.455 e. The van der Waals surface area contributed by atoms with Crippen molar-refractivity contribution in [2.24, 2.45) is 0 Å². The molecule has 1 aromatic heterocycles. The van der Waals surface area contributed by atoms with Gasteiger partial charge in [0.1, 0.15) is 11.3 Å². The van der Waals surface area contributed by atoms with Gasteiger partial charge in [-0.05, 0) is 109 Å². The van der Waals surface area contributed by atoms with Gasteiger partial charge in [-0.2, -0.15) is 0 Å². The fourth-order valence-corrected chi connectivity index (χ4v) is 8.72. The molecule has 58 heavy (non-hydrogen) atoms. The third-order valence-corrected chi connectivity index (χ3v) is 11.5. The Balaban J connectivity index is 1.06. The molecule has 11 aromatic rings. The zero-order valence-corrected chi connectivity index (χ0v) is 31.7. The maximum Gasteiger partial charge on any atom is 0.143 e. The molecule has 1 heterocycles. The average Bonchev–Trinajstić information content (AvgIpc) is 3.70. The fourth-order valence-electron chi connectivity index (χ4n) is 8.72. The first-order valence-electron chi connectivity index (χ1n) is 19.8. The van der Waals surface area contributed by atoms with Crippen LogP contribution < -0.4 is 4.90 Å². The molecule has 0 bridgehead atoms. The first-order chi connectivity index (χ1) is 28.8. The van der Waals surface area contributed by atoms with Gasteiger partial charge in [0, 0.05) is 33.6 Å². The van der Waals surface area contributed by atoms with Gasteiger partial charge in [-0.25, -0.2) is 0 Å². The van der Waals surface area contributed by atoms with Crippen LogP contribution in [0, 0.1) is 0 Å². The SMILES string of the molecule is c1ccc(-c2c(-c3cccc(N(c4ccc(-c5cccc6ccccc56)cc4)c4ccc(-c5cc6ccccc6c6ccccc56)cc4)c3)oc3ccccc23)cc1. The maximum atomic E-state index is 6.70. The molecule has 10 aromatic carbocycles. The topological polar surface area (TPSA) is 16.4 Å². The van der Waals surface area contributed by atoms with Crippen LogP contribution in [0.15, 0.2) is 229 Å². The predicted octanol–water partition coefficient (Wildman–Crippen LogP) is 16.0. The molecule has 272 valence electrons. The van der Waals surface area contributed by atoms with Crippen LogP contribution in [0.25, 0.3) is 88.0 Å². The fraction of sp³-hybridized carbons (Fsp3) is 0. The quantitative estimate of drug-likeness (QED) is 0.151. The lowest BCUT2D eigenvalue weighted by Gasteiger charge is -2.26. The highest BCUT2D eigenvalue weighted by Crippen LogP contribution is 2.44. The summed E-state index contributed by atoms with van der Waals surface area (Å²) in [5.74, 6) is 0.860. The molecule has 2 nitrogen and oxygen atoms in total. The van der Waals surface area contributed by atoms with Gasteiger partial charge in [-0.3, -0.25) is 0 Å². The highest BCUT2D eigenvalue weighted by molar-refractivity contribution is 6.14. The summed E-state index contributed by atoms with van der Waals surface area (Å²) >= 11 is 0. The lowest BCUT2D eigenvalue weighted by Crippen LogP contribution is -2.10. The molecule has 0 unspecified atom stereocenters. The summed E-state index contributed by atoms with van der Waals surface area (Å²) in [6, 6.07) is 80.5. The minimum atomic E-state index is 0.860. The van der Waals surface area contributed by atoms with Crippen molar-refractivity contribution in [1.29, 1.82) is 0 Å². The first-order valence-corrected chi connectivity index (χ1v) is 19.8. The van der Waals surface area contributed by atoms with E-state index in [4.69, 9.17) is 4.42 Å². The maximum absolute atomic E-state index is 6.70. The summed E-state index contributed by atoms with van der Waals surface area (Å²) in [4.78, 5) is 2.35. The Morgan fingerprint density at radius 3 is 1.60 bits per heavy atom. The van der Waals surface area contributed by atoms with Crippen LogP contribution in [0.5, 0.6) is 0 Å². The summed E-state index contributed by atoms with van der Waals surface area (Å²) < 4.78 is 6.70. The van der Waals surface area contributed by atoms with Crippen LogP contribution in [0.2, 0.25) is 0 Å². The number of hydrogen-bond donors (Lipinski definition) is 0. The molecular formula is C56H37NO. The average molecular weight is 740 g/mol. The summed E-state index contributed by atoms with van der Waals surface area (Å²) in [5.41, 5.74) is 12.1. The molecular weight excluding hydrogens is 703 g/mol. The molecule has 0 aliphatic heterocycles. The largest absolute Gasteiger partial charge is 0.455 e. The van der Waals surface area contributed by atoms with E-state index in [0.717, 1.165) is 50.5 Å². The molecule has 0 amide bonds. The Kier molecular flexibility index (Phi) is 8.19. The highest BCUT2D eigenvalue weighted by atomic mass is 16.3. The number of hydrogen-bond acceptors (Lipinski definition) is 2. The lowest BCUT2D eigenvalue weighted by molar-refractivity contribution is 0.632. The molecule has 0 spiro atoms. The van der Waals surface area contributed by atoms with Crippen molar-refractivity contribution in [3.8, 4) is 44.7 Å². The number of rotatable bonds is 7. The third kappa shape index (κ3) is 5.82. The van der Waals surface area contributed by atoms with Gasteiger partial charge in [0.15, 0.2) is 0 Å². The van der Waals surface area contributed by atoms with Gasteiger partial charge < -0.3 is 9.32 Å². The highest BCUT2D eigenvalue weighted by Gasteiger charge is 2.20. The van der Waals surface area contributed by atoms with Gasteiger partial charge in [0.2, 0.25) is 0 Å². The number of furan rings is 1. The van der Waals surface area contributed by atoms with Gasteiger partial charge >= 0.3 is 0 Å². The van der Waals surface area contributed by atoms with Gasteiger partial charge in [0.25, 0.3) is 0 Å². The Labute approximate surface area is 337 Å².